The SMILES string of the molecule is CC(C)C(CNC(=O)N1CC(C(C)C(=O)O)C1)C(C)C. The second-order valence-electron chi connectivity index (χ2n) is 6.63. The molecule has 2 N–H and O–H groups in total. The van der Waals surface area contributed by atoms with E-state index < -0.39 is 5.97 Å². The normalized spacial score (nSPS) is 17.5. The zero-order valence-electron chi connectivity index (χ0n) is 13.2. The summed E-state index contributed by atoms with van der Waals surface area (Å²) in [5.74, 6) is 0.462. The molecule has 0 radical (unpaired) electrons. The molecule has 116 valence electrons. The van der Waals surface area contributed by atoms with Gasteiger partial charge in [0.05, 0.1) is 5.92 Å². The summed E-state index contributed by atoms with van der Waals surface area (Å²) in [6.45, 7) is 12.2. The summed E-state index contributed by atoms with van der Waals surface area (Å²) in [7, 11) is 0. The molecular formula is C15H28N2O3. The molecule has 2 amide bonds. The maximum absolute atomic E-state index is 12.0. The average molecular weight is 284 g/mol. The molecule has 1 saturated heterocycles. The van der Waals surface area contributed by atoms with Crippen molar-refractivity contribution in [3.8, 4) is 0 Å². The van der Waals surface area contributed by atoms with Gasteiger partial charge in [0.15, 0.2) is 0 Å². The molecule has 1 atom stereocenters. The van der Waals surface area contributed by atoms with Gasteiger partial charge < -0.3 is 15.3 Å². The van der Waals surface area contributed by atoms with E-state index in [0.717, 1.165) is 0 Å². The maximum Gasteiger partial charge on any atom is 0.317 e. The molecule has 1 heterocycles. The van der Waals surface area contributed by atoms with E-state index in [4.69, 9.17) is 5.11 Å². The van der Waals surface area contributed by atoms with Crippen molar-refractivity contribution in [1.82, 2.24) is 10.2 Å². The van der Waals surface area contributed by atoms with Crippen molar-refractivity contribution < 1.29 is 14.7 Å². The number of carboxylic acid groups (broad SMARTS) is 1. The predicted molar refractivity (Wildman–Crippen MR) is 78.4 cm³/mol. The summed E-state index contributed by atoms with van der Waals surface area (Å²) in [6.07, 6.45) is 0. The zero-order valence-corrected chi connectivity index (χ0v) is 13.2. The number of carbonyl (C=O) groups is 2. The van der Waals surface area contributed by atoms with Crippen LogP contribution in [0.4, 0.5) is 4.79 Å². The molecule has 1 unspecified atom stereocenters. The molecule has 1 aliphatic heterocycles. The fourth-order valence-corrected chi connectivity index (χ4v) is 2.75. The van der Waals surface area contributed by atoms with Crippen LogP contribution < -0.4 is 5.32 Å². The molecular weight excluding hydrogens is 256 g/mol. The van der Waals surface area contributed by atoms with E-state index in [9.17, 15) is 9.59 Å². The molecule has 5 nitrogen and oxygen atoms in total. The molecule has 0 aromatic carbocycles. The van der Waals surface area contributed by atoms with E-state index in [1.54, 1.807) is 11.8 Å². The summed E-state index contributed by atoms with van der Waals surface area (Å²) < 4.78 is 0. The summed E-state index contributed by atoms with van der Waals surface area (Å²) >= 11 is 0. The lowest BCUT2D eigenvalue weighted by molar-refractivity contribution is -0.144. The third-order valence-corrected chi connectivity index (χ3v) is 4.50. The van der Waals surface area contributed by atoms with Crippen LogP contribution in [0.2, 0.25) is 0 Å². The molecule has 0 aromatic heterocycles. The van der Waals surface area contributed by atoms with Crippen molar-refractivity contribution in [2.45, 2.75) is 34.6 Å². The number of urea groups is 1. The number of hydrogen-bond donors (Lipinski definition) is 2. The fraction of sp³-hybridized carbons (Fsp3) is 0.867. The minimum atomic E-state index is -0.783. The first kappa shape index (κ1) is 16.8. The first-order chi connectivity index (χ1) is 9.23. The summed E-state index contributed by atoms with van der Waals surface area (Å²) in [5, 5.41) is 11.9. The number of hydrogen-bond acceptors (Lipinski definition) is 2. The third kappa shape index (κ3) is 4.12. The Labute approximate surface area is 121 Å². The molecule has 0 spiro atoms. The topological polar surface area (TPSA) is 69.6 Å². The van der Waals surface area contributed by atoms with E-state index in [-0.39, 0.29) is 17.9 Å². The zero-order chi connectivity index (χ0) is 15.4. The number of aliphatic carboxylic acids is 1. The summed E-state index contributed by atoms with van der Waals surface area (Å²) in [5.41, 5.74) is 0. The Balaban J connectivity index is 2.34. The number of likely N-dealkylation sites (tertiary alicyclic amines) is 1. The molecule has 0 aromatic rings. The van der Waals surface area contributed by atoms with Gasteiger partial charge in [-0.3, -0.25) is 4.79 Å². The van der Waals surface area contributed by atoms with Crippen molar-refractivity contribution in [3.63, 3.8) is 0 Å². The van der Waals surface area contributed by atoms with E-state index in [1.807, 2.05) is 0 Å². The molecule has 0 aliphatic carbocycles. The lowest BCUT2D eigenvalue weighted by Crippen LogP contribution is -2.57. The summed E-state index contributed by atoms with van der Waals surface area (Å²) in [4.78, 5) is 24.5. The average Bonchev–Trinajstić information content (AvgIpc) is 2.25. The van der Waals surface area contributed by atoms with Crippen molar-refractivity contribution in [3.05, 3.63) is 0 Å². The Kier molecular flexibility index (Phi) is 5.84. The van der Waals surface area contributed by atoms with Crippen LogP contribution in [0.15, 0.2) is 0 Å². The van der Waals surface area contributed by atoms with Crippen LogP contribution in [0.25, 0.3) is 0 Å². The van der Waals surface area contributed by atoms with Crippen molar-refractivity contribution in [1.29, 1.82) is 0 Å². The Morgan fingerprint density at radius 1 is 1.15 bits per heavy atom. The number of carbonyl (C=O) groups excluding carboxylic acids is 1. The molecule has 0 saturated carbocycles. The minimum Gasteiger partial charge on any atom is -0.481 e. The predicted octanol–water partition coefficient (Wildman–Crippen LogP) is 2.28. The van der Waals surface area contributed by atoms with Gasteiger partial charge in [-0.1, -0.05) is 34.6 Å². The fourth-order valence-electron chi connectivity index (χ4n) is 2.75. The number of amides is 2. The Hall–Kier alpha value is -1.26. The second kappa shape index (κ2) is 6.95. The Morgan fingerprint density at radius 2 is 1.65 bits per heavy atom. The van der Waals surface area contributed by atoms with E-state index in [0.29, 0.717) is 37.4 Å². The smallest absolute Gasteiger partial charge is 0.317 e. The van der Waals surface area contributed by atoms with Crippen LogP contribution in [-0.4, -0.2) is 41.6 Å². The molecule has 1 fully saturated rings. The molecule has 5 heteroatoms. The number of rotatable bonds is 6. The van der Waals surface area contributed by atoms with Gasteiger partial charge in [-0.15, -0.1) is 0 Å². The lowest BCUT2D eigenvalue weighted by Gasteiger charge is -2.41. The largest absolute Gasteiger partial charge is 0.481 e. The number of nitrogens with zero attached hydrogens (tertiary/aromatic N) is 1. The van der Waals surface area contributed by atoms with Crippen LogP contribution in [0.1, 0.15) is 34.6 Å². The van der Waals surface area contributed by atoms with E-state index >= 15 is 0 Å². The third-order valence-electron chi connectivity index (χ3n) is 4.50. The highest BCUT2D eigenvalue weighted by Crippen LogP contribution is 2.24. The molecule has 20 heavy (non-hydrogen) atoms. The quantitative estimate of drug-likeness (QED) is 0.786. The van der Waals surface area contributed by atoms with Crippen LogP contribution in [0, 0.1) is 29.6 Å². The van der Waals surface area contributed by atoms with Crippen LogP contribution >= 0.6 is 0 Å². The molecule has 1 rings (SSSR count). The highest BCUT2D eigenvalue weighted by Gasteiger charge is 2.37. The van der Waals surface area contributed by atoms with Crippen molar-refractivity contribution in [2.75, 3.05) is 19.6 Å². The van der Waals surface area contributed by atoms with Crippen molar-refractivity contribution >= 4 is 12.0 Å². The molecule has 1 aliphatic rings. The monoisotopic (exact) mass is 284 g/mol. The van der Waals surface area contributed by atoms with Gasteiger partial charge in [0, 0.05) is 25.6 Å². The van der Waals surface area contributed by atoms with Gasteiger partial charge in [0.2, 0.25) is 0 Å². The van der Waals surface area contributed by atoms with Crippen molar-refractivity contribution in [2.24, 2.45) is 29.6 Å². The highest BCUT2D eigenvalue weighted by molar-refractivity contribution is 5.76. The standard InChI is InChI=1S/C15H28N2O3/c1-9(2)13(10(3)4)6-16-15(20)17-7-12(8-17)11(5)14(18)19/h9-13H,6-8H2,1-5H3,(H,16,20)(H,18,19). The lowest BCUT2D eigenvalue weighted by atomic mass is 9.85. The van der Waals surface area contributed by atoms with Gasteiger partial charge in [-0.2, -0.15) is 0 Å². The van der Waals surface area contributed by atoms with Gasteiger partial charge in [-0.25, -0.2) is 4.79 Å². The Bertz CT molecular complexity index is 341. The van der Waals surface area contributed by atoms with E-state index in [1.165, 1.54) is 0 Å². The first-order valence-electron chi connectivity index (χ1n) is 7.49. The Morgan fingerprint density at radius 3 is 2.05 bits per heavy atom. The summed E-state index contributed by atoms with van der Waals surface area (Å²) in [6, 6.07) is -0.0647. The number of nitrogens with one attached hydrogen (secondary N) is 1. The molecule has 0 bridgehead atoms. The van der Waals surface area contributed by atoms with Crippen LogP contribution in [-0.2, 0) is 4.79 Å². The first-order valence-corrected chi connectivity index (χ1v) is 7.49. The van der Waals surface area contributed by atoms with Gasteiger partial charge in [-0.05, 0) is 17.8 Å². The van der Waals surface area contributed by atoms with Gasteiger partial charge >= 0.3 is 12.0 Å². The van der Waals surface area contributed by atoms with Crippen LogP contribution in [0.5, 0.6) is 0 Å². The second-order valence-corrected chi connectivity index (χ2v) is 6.63. The van der Waals surface area contributed by atoms with Crippen LogP contribution in [0.3, 0.4) is 0 Å². The van der Waals surface area contributed by atoms with Gasteiger partial charge in [0.1, 0.15) is 0 Å². The minimum absolute atomic E-state index is 0.0647. The number of carboxylic acids is 1. The van der Waals surface area contributed by atoms with Gasteiger partial charge in [0.25, 0.3) is 0 Å². The maximum atomic E-state index is 12.0. The highest BCUT2D eigenvalue weighted by atomic mass is 16.4. The van der Waals surface area contributed by atoms with E-state index in [2.05, 4.69) is 33.0 Å².